The third-order valence-corrected chi connectivity index (χ3v) is 3.45. The number of aromatic nitrogens is 2. The number of aromatic amines is 1. The molecule has 2 rings (SSSR count). The van der Waals surface area contributed by atoms with Crippen LogP contribution < -0.4 is 5.32 Å². The van der Waals surface area contributed by atoms with Crippen LogP contribution in [0, 0.1) is 6.92 Å². The Morgan fingerprint density at radius 3 is 2.76 bits per heavy atom. The highest BCUT2D eigenvalue weighted by Crippen LogP contribution is 2.17. The molecule has 0 unspecified atom stereocenters. The zero-order valence-corrected chi connectivity index (χ0v) is 12.1. The van der Waals surface area contributed by atoms with Gasteiger partial charge in [-0.2, -0.15) is 0 Å². The summed E-state index contributed by atoms with van der Waals surface area (Å²) in [6, 6.07) is 5.30. The van der Waals surface area contributed by atoms with Gasteiger partial charge in [0.2, 0.25) is 0 Å². The van der Waals surface area contributed by atoms with Crippen LogP contribution in [0.4, 0.5) is 5.82 Å². The molecule has 2 aromatic heterocycles. The fourth-order valence-corrected chi connectivity index (χ4v) is 1.86. The van der Waals surface area contributed by atoms with E-state index in [0.29, 0.717) is 11.5 Å². The molecule has 0 atom stereocenters. The van der Waals surface area contributed by atoms with Gasteiger partial charge in [-0.3, -0.25) is 4.79 Å². The lowest BCUT2D eigenvalue weighted by Gasteiger charge is -2.04. The molecule has 0 aliphatic heterocycles. The first-order valence-corrected chi connectivity index (χ1v) is 6.43. The minimum absolute atomic E-state index is 0.218. The fraction of sp³-hybridized carbons (Fsp3) is 0.0909. The van der Waals surface area contributed by atoms with Gasteiger partial charge in [0.15, 0.2) is 0 Å². The van der Waals surface area contributed by atoms with E-state index in [2.05, 4.69) is 47.1 Å². The Morgan fingerprint density at radius 2 is 2.18 bits per heavy atom. The highest BCUT2D eigenvalue weighted by atomic mass is 79.9. The number of carbonyl (C=O) groups is 1. The molecule has 0 spiro atoms. The number of H-pyrrole nitrogens is 1. The molecule has 0 bridgehead atoms. The molecule has 0 saturated carbocycles. The standard InChI is InChI=1S/C11H9Br2N3O/c1-6-8(13)2-3-10(15-6)16-11(17)9-4-7(12)5-14-9/h2-5,14H,1H3,(H,15,16,17). The molecule has 0 radical (unpaired) electrons. The number of amides is 1. The Balaban J connectivity index is 2.15. The number of nitrogens with zero attached hydrogens (tertiary/aromatic N) is 1. The second kappa shape index (κ2) is 5.01. The van der Waals surface area contributed by atoms with Crippen molar-refractivity contribution in [3.05, 3.63) is 44.7 Å². The number of nitrogens with one attached hydrogen (secondary N) is 2. The first kappa shape index (κ1) is 12.3. The van der Waals surface area contributed by atoms with E-state index >= 15 is 0 Å². The van der Waals surface area contributed by atoms with Crippen LogP contribution in [0.25, 0.3) is 0 Å². The van der Waals surface area contributed by atoms with Crippen LogP contribution in [-0.2, 0) is 0 Å². The van der Waals surface area contributed by atoms with Crippen molar-refractivity contribution in [1.82, 2.24) is 9.97 Å². The largest absolute Gasteiger partial charge is 0.356 e. The molecule has 0 aromatic carbocycles. The van der Waals surface area contributed by atoms with E-state index in [4.69, 9.17) is 0 Å². The maximum Gasteiger partial charge on any atom is 0.273 e. The molecule has 2 N–H and O–H groups in total. The molecule has 2 heterocycles. The summed E-state index contributed by atoms with van der Waals surface area (Å²) in [5, 5.41) is 2.72. The summed E-state index contributed by atoms with van der Waals surface area (Å²) in [6.07, 6.45) is 1.70. The number of halogens is 2. The Kier molecular flexibility index (Phi) is 3.63. The summed E-state index contributed by atoms with van der Waals surface area (Å²) in [5.74, 6) is 0.311. The van der Waals surface area contributed by atoms with Crippen molar-refractivity contribution in [2.24, 2.45) is 0 Å². The van der Waals surface area contributed by atoms with Gasteiger partial charge in [0, 0.05) is 15.1 Å². The second-order valence-corrected chi connectivity index (χ2v) is 5.22. The number of hydrogen-bond donors (Lipinski definition) is 2. The lowest BCUT2D eigenvalue weighted by molar-refractivity contribution is 0.102. The average molecular weight is 359 g/mol. The quantitative estimate of drug-likeness (QED) is 0.863. The monoisotopic (exact) mass is 357 g/mol. The number of rotatable bonds is 2. The highest BCUT2D eigenvalue weighted by Gasteiger charge is 2.09. The van der Waals surface area contributed by atoms with Crippen LogP contribution in [0.3, 0.4) is 0 Å². The molecule has 6 heteroatoms. The molecule has 0 saturated heterocycles. The van der Waals surface area contributed by atoms with Gasteiger partial charge < -0.3 is 10.3 Å². The maximum atomic E-state index is 11.8. The highest BCUT2D eigenvalue weighted by molar-refractivity contribution is 9.10. The molecule has 88 valence electrons. The summed E-state index contributed by atoms with van der Waals surface area (Å²) in [6.45, 7) is 1.87. The van der Waals surface area contributed by atoms with Crippen molar-refractivity contribution >= 4 is 43.6 Å². The average Bonchev–Trinajstić information content (AvgIpc) is 2.70. The van der Waals surface area contributed by atoms with Crippen LogP contribution >= 0.6 is 31.9 Å². The van der Waals surface area contributed by atoms with Gasteiger partial charge in [0.05, 0.1) is 5.69 Å². The summed E-state index contributed by atoms with van der Waals surface area (Å²) in [5.41, 5.74) is 1.31. The van der Waals surface area contributed by atoms with Crippen molar-refractivity contribution in [1.29, 1.82) is 0 Å². The van der Waals surface area contributed by atoms with Gasteiger partial charge in [0.1, 0.15) is 11.5 Å². The van der Waals surface area contributed by atoms with E-state index in [-0.39, 0.29) is 5.91 Å². The Morgan fingerprint density at radius 1 is 1.41 bits per heavy atom. The summed E-state index contributed by atoms with van der Waals surface area (Å²) in [7, 11) is 0. The molecular weight excluding hydrogens is 350 g/mol. The molecule has 0 aliphatic rings. The molecule has 0 aliphatic carbocycles. The van der Waals surface area contributed by atoms with E-state index in [1.54, 1.807) is 18.3 Å². The van der Waals surface area contributed by atoms with E-state index in [0.717, 1.165) is 14.6 Å². The molecule has 1 amide bonds. The van der Waals surface area contributed by atoms with Crippen molar-refractivity contribution in [2.75, 3.05) is 5.32 Å². The SMILES string of the molecule is Cc1nc(NC(=O)c2cc(Br)c[nH]2)ccc1Br. The molecule has 2 aromatic rings. The number of anilines is 1. The van der Waals surface area contributed by atoms with Crippen molar-refractivity contribution in [3.63, 3.8) is 0 Å². The Hall–Kier alpha value is -1.14. The summed E-state index contributed by atoms with van der Waals surface area (Å²) >= 11 is 6.63. The minimum atomic E-state index is -0.218. The predicted molar refractivity (Wildman–Crippen MR) is 73.1 cm³/mol. The van der Waals surface area contributed by atoms with E-state index < -0.39 is 0 Å². The van der Waals surface area contributed by atoms with Crippen molar-refractivity contribution < 1.29 is 4.79 Å². The van der Waals surface area contributed by atoms with Gasteiger partial charge in [-0.05, 0) is 57.0 Å². The fourth-order valence-electron chi connectivity index (χ4n) is 1.30. The smallest absolute Gasteiger partial charge is 0.273 e. The number of aryl methyl sites for hydroxylation is 1. The lowest BCUT2D eigenvalue weighted by Crippen LogP contribution is -2.13. The van der Waals surface area contributed by atoms with Crippen molar-refractivity contribution in [3.8, 4) is 0 Å². The Labute approximate surface area is 115 Å². The van der Waals surface area contributed by atoms with Crippen LogP contribution in [0.15, 0.2) is 33.3 Å². The zero-order valence-electron chi connectivity index (χ0n) is 8.92. The van der Waals surface area contributed by atoms with Crippen LogP contribution in [0.5, 0.6) is 0 Å². The molecule has 17 heavy (non-hydrogen) atoms. The number of pyridine rings is 1. The van der Waals surface area contributed by atoms with Gasteiger partial charge in [-0.1, -0.05) is 0 Å². The van der Waals surface area contributed by atoms with E-state index in [9.17, 15) is 4.79 Å². The van der Waals surface area contributed by atoms with Gasteiger partial charge in [-0.15, -0.1) is 0 Å². The molecule has 0 fully saturated rings. The van der Waals surface area contributed by atoms with Crippen LogP contribution in [0.1, 0.15) is 16.2 Å². The molecule has 4 nitrogen and oxygen atoms in total. The third kappa shape index (κ3) is 2.95. The minimum Gasteiger partial charge on any atom is -0.356 e. The number of carbonyl (C=O) groups excluding carboxylic acids is 1. The lowest BCUT2D eigenvalue weighted by atomic mass is 10.3. The van der Waals surface area contributed by atoms with Gasteiger partial charge in [0.25, 0.3) is 5.91 Å². The van der Waals surface area contributed by atoms with Gasteiger partial charge >= 0.3 is 0 Å². The third-order valence-electron chi connectivity index (χ3n) is 2.16. The first-order valence-electron chi connectivity index (χ1n) is 4.84. The summed E-state index contributed by atoms with van der Waals surface area (Å²) in [4.78, 5) is 18.9. The normalized spacial score (nSPS) is 10.3. The first-order chi connectivity index (χ1) is 8.06. The maximum absolute atomic E-state index is 11.8. The Bertz CT molecular complexity index is 566. The van der Waals surface area contributed by atoms with E-state index in [1.165, 1.54) is 0 Å². The van der Waals surface area contributed by atoms with Gasteiger partial charge in [-0.25, -0.2) is 4.98 Å². The second-order valence-electron chi connectivity index (χ2n) is 3.45. The van der Waals surface area contributed by atoms with Crippen molar-refractivity contribution in [2.45, 2.75) is 6.92 Å². The summed E-state index contributed by atoms with van der Waals surface area (Å²) < 4.78 is 1.75. The van der Waals surface area contributed by atoms with E-state index in [1.807, 2.05) is 13.0 Å². The predicted octanol–water partition coefficient (Wildman–Crippen LogP) is 3.50. The topological polar surface area (TPSA) is 57.8 Å². The zero-order chi connectivity index (χ0) is 12.4. The van der Waals surface area contributed by atoms with Crippen LogP contribution in [0.2, 0.25) is 0 Å². The number of hydrogen-bond acceptors (Lipinski definition) is 2. The molecular formula is C11H9Br2N3O. The van der Waals surface area contributed by atoms with Crippen LogP contribution in [-0.4, -0.2) is 15.9 Å².